The monoisotopic (exact) mass is 263 g/mol. The summed E-state index contributed by atoms with van der Waals surface area (Å²) < 4.78 is 5.31. The van der Waals surface area contributed by atoms with Gasteiger partial charge in [0.1, 0.15) is 5.76 Å². The standard InChI is InChI=1S/C15H25N3O/c1-10-15(11(2)19-17-10)9-18-13-5-4-6-14(18)8-12(7-13)16-3/h12-14,16H,4-9H2,1-3H3. The normalized spacial score (nSPS) is 31.6. The summed E-state index contributed by atoms with van der Waals surface area (Å²) in [5.74, 6) is 0.992. The third kappa shape index (κ3) is 2.43. The highest BCUT2D eigenvalue weighted by Crippen LogP contribution is 2.35. The number of hydrogen-bond acceptors (Lipinski definition) is 4. The van der Waals surface area contributed by atoms with Crippen LogP contribution in [-0.2, 0) is 6.54 Å². The molecule has 2 bridgehead atoms. The Labute approximate surface area is 115 Å². The Morgan fingerprint density at radius 3 is 2.47 bits per heavy atom. The highest BCUT2D eigenvalue weighted by atomic mass is 16.5. The summed E-state index contributed by atoms with van der Waals surface area (Å²) in [5.41, 5.74) is 2.37. The number of hydrogen-bond donors (Lipinski definition) is 1. The van der Waals surface area contributed by atoms with Gasteiger partial charge in [0.2, 0.25) is 0 Å². The van der Waals surface area contributed by atoms with Crippen LogP contribution in [0.2, 0.25) is 0 Å². The maximum absolute atomic E-state index is 5.31. The van der Waals surface area contributed by atoms with Crippen molar-refractivity contribution >= 4 is 0 Å². The Morgan fingerprint density at radius 1 is 1.26 bits per heavy atom. The van der Waals surface area contributed by atoms with E-state index < -0.39 is 0 Å². The highest BCUT2D eigenvalue weighted by molar-refractivity contribution is 5.21. The third-order valence-corrected chi connectivity index (χ3v) is 5.06. The van der Waals surface area contributed by atoms with Crippen LogP contribution in [0, 0.1) is 13.8 Å². The van der Waals surface area contributed by atoms with Gasteiger partial charge in [-0.15, -0.1) is 0 Å². The van der Waals surface area contributed by atoms with Crippen molar-refractivity contribution in [2.45, 2.75) is 70.6 Å². The average Bonchev–Trinajstić information content (AvgIpc) is 2.70. The minimum Gasteiger partial charge on any atom is -0.361 e. The van der Waals surface area contributed by atoms with Gasteiger partial charge >= 0.3 is 0 Å². The quantitative estimate of drug-likeness (QED) is 0.909. The number of nitrogens with one attached hydrogen (secondary N) is 1. The molecule has 1 aromatic heterocycles. The molecule has 0 radical (unpaired) electrons. The van der Waals surface area contributed by atoms with Crippen molar-refractivity contribution in [1.29, 1.82) is 0 Å². The number of piperidine rings is 2. The number of nitrogens with zero attached hydrogens (tertiary/aromatic N) is 2. The molecular formula is C15H25N3O. The van der Waals surface area contributed by atoms with Crippen molar-refractivity contribution in [2.75, 3.05) is 7.05 Å². The molecule has 4 nitrogen and oxygen atoms in total. The number of fused-ring (bicyclic) bond motifs is 2. The summed E-state index contributed by atoms with van der Waals surface area (Å²) in [4.78, 5) is 2.71. The van der Waals surface area contributed by atoms with Crippen molar-refractivity contribution in [3.05, 3.63) is 17.0 Å². The number of aryl methyl sites for hydroxylation is 2. The third-order valence-electron chi connectivity index (χ3n) is 5.06. The van der Waals surface area contributed by atoms with Crippen molar-refractivity contribution in [3.63, 3.8) is 0 Å². The first kappa shape index (κ1) is 13.1. The molecular weight excluding hydrogens is 238 g/mol. The van der Waals surface area contributed by atoms with Crippen LogP contribution in [0.1, 0.15) is 49.1 Å². The molecule has 0 saturated carbocycles. The minimum atomic E-state index is 0.705. The molecule has 106 valence electrons. The molecule has 1 aromatic rings. The molecule has 2 aliphatic rings. The van der Waals surface area contributed by atoms with E-state index in [1.165, 1.54) is 37.7 Å². The molecule has 2 atom stereocenters. The van der Waals surface area contributed by atoms with E-state index in [1.807, 2.05) is 6.92 Å². The lowest BCUT2D eigenvalue weighted by Gasteiger charge is -2.49. The largest absolute Gasteiger partial charge is 0.361 e. The van der Waals surface area contributed by atoms with Gasteiger partial charge in [-0.3, -0.25) is 4.90 Å². The van der Waals surface area contributed by atoms with E-state index in [9.17, 15) is 0 Å². The Morgan fingerprint density at radius 2 is 1.95 bits per heavy atom. The van der Waals surface area contributed by atoms with Crippen molar-refractivity contribution < 1.29 is 4.52 Å². The molecule has 2 fully saturated rings. The highest BCUT2D eigenvalue weighted by Gasteiger charge is 2.38. The lowest BCUT2D eigenvalue weighted by molar-refractivity contribution is 0.0186. The molecule has 2 aliphatic heterocycles. The van der Waals surface area contributed by atoms with Crippen molar-refractivity contribution in [2.24, 2.45) is 0 Å². The van der Waals surface area contributed by atoms with Crippen LogP contribution in [0.4, 0.5) is 0 Å². The first-order valence-corrected chi connectivity index (χ1v) is 7.53. The summed E-state index contributed by atoms with van der Waals surface area (Å²) in [6, 6.07) is 2.17. The Hall–Kier alpha value is -0.870. The zero-order valence-electron chi connectivity index (χ0n) is 12.3. The van der Waals surface area contributed by atoms with E-state index in [0.29, 0.717) is 6.04 Å². The van der Waals surface area contributed by atoms with Crippen molar-refractivity contribution in [3.8, 4) is 0 Å². The van der Waals surface area contributed by atoms with Crippen LogP contribution in [0.15, 0.2) is 4.52 Å². The molecule has 1 N–H and O–H groups in total. The van der Waals surface area contributed by atoms with E-state index in [4.69, 9.17) is 4.52 Å². The van der Waals surface area contributed by atoms with Crippen LogP contribution in [0.25, 0.3) is 0 Å². The lowest BCUT2D eigenvalue weighted by atomic mass is 9.81. The van der Waals surface area contributed by atoms with Crippen LogP contribution in [0.5, 0.6) is 0 Å². The van der Waals surface area contributed by atoms with Crippen LogP contribution >= 0.6 is 0 Å². The van der Waals surface area contributed by atoms with E-state index >= 15 is 0 Å². The predicted molar refractivity (Wildman–Crippen MR) is 75.0 cm³/mol. The van der Waals surface area contributed by atoms with Crippen LogP contribution in [-0.4, -0.2) is 35.2 Å². The van der Waals surface area contributed by atoms with Gasteiger partial charge in [-0.2, -0.15) is 0 Å². The Balaban J connectivity index is 1.77. The fourth-order valence-electron chi connectivity index (χ4n) is 3.88. The number of aromatic nitrogens is 1. The zero-order valence-corrected chi connectivity index (χ0v) is 12.3. The summed E-state index contributed by atoms with van der Waals surface area (Å²) in [5, 5.41) is 7.57. The summed E-state index contributed by atoms with van der Waals surface area (Å²) in [6.07, 6.45) is 6.66. The van der Waals surface area contributed by atoms with E-state index in [-0.39, 0.29) is 0 Å². The lowest BCUT2D eigenvalue weighted by Crippen LogP contribution is -2.55. The van der Waals surface area contributed by atoms with E-state index in [0.717, 1.165) is 30.1 Å². The summed E-state index contributed by atoms with van der Waals surface area (Å²) >= 11 is 0. The van der Waals surface area contributed by atoms with Gasteiger partial charge in [0.05, 0.1) is 5.69 Å². The van der Waals surface area contributed by atoms with Gasteiger partial charge in [0, 0.05) is 30.2 Å². The van der Waals surface area contributed by atoms with Crippen LogP contribution < -0.4 is 5.32 Å². The van der Waals surface area contributed by atoms with Crippen molar-refractivity contribution in [1.82, 2.24) is 15.4 Å². The fraction of sp³-hybridized carbons (Fsp3) is 0.800. The van der Waals surface area contributed by atoms with Gasteiger partial charge in [-0.05, 0) is 46.6 Å². The van der Waals surface area contributed by atoms with Gasteiger partial charge in [-0.1, -0.05) is 11.6 Å². The topological polar surface area (TPSA) is 41.3 Å². The Bertz CT molecular complexity index is 409. The molecule has 0 amide bonds. The zero-order chi connectivity index (χ0) is 13.4. The summed E-state index contributed by atoms with van der Waals surface area (Å²) in [6.45, 7) is 5.11. The smallest absolute Gasteiger partial charge is 0.138 e. The minimum absolute atomic E-state index is 0.705. The van der Waals surface area contributed by atoms with E-state index in [1.54, 1.807) is 0 Å². The second kappa shape index (κ2) is 5.25. The molecule has 4 heteroatoms. The molecule has 0 spiro atoms. The Kier molecular flexibility index (Phi) is 3.63. The first-order valence-electron chi connectivity index (χ1n) is 7.53. The molecule has 2 unspecified atom stereocenters. The summed E-state index contributed by atoms with van der Waals surface area (Å²) in [7, 11) is 2.10. The van der Waals surface area contributed by atoms with Gasteiger partial charge in [0.25, 0.3) is 0 Å². The second-order valence-electron chi connectivity index (χ2n) is 6.17. The SMILES string of the molecule is CNC1CC2CCCC(C1)N2Cc1c(C)noc1C. The van der Waals surface area contributed by atoms with E-state index in [2.05, 4.69) is 29.3 Å². The van der Waals surface area contributed by atoms with Gasteiger partial charge in [-0.25, -0.2) is 0 Å². The molecule has 0 aliphatic carbocycles. The maximum atomic E-state index is 5.31. The number of rotatable bonds is 3. The van der Waals surface area contributed by atoms with Crippen LogP contribution in [0.3, 0.4) is 0 Å². The average molecular weight is 263 g/mol. The molecule has 0 aromatic carbocycles. The molecule has 2 saturated heterocycles. The molecule has 3 heterocycles. The maximum Gasteiger partial charge on any atom is 0.138 e. The predicted octanol–water partition coefficient (Wildman–Crippen LogP) is 2.40. The fourth-order valence-corrected chi connectivity index (χ4v) is 3.88. The van der Waals surface area contributed by atoms with Gasteiger partial charge in [0.15, 0.2) is 0 Å². The van der Waals surface area contributed by atoms with Gasteiger partial charge < -0.3 is 9.84 Å². The molecule has 19 heavy (non-hydrogen) atoms. The molecule has 3 rings (SSSR count). The second-order valence-corrected chi connectivity index (χ2v) is 6.17. The first-order chi connectivity index (χ1) is 9.19.